The second-order valence-electron chi connectivity index (χ2n) is 8.43. The summed E-state index contributed by atoms with van der Waals surface area (Å²) in [5.41, 5.74) is 3.47. The van der Waals surface area contributed by atoms with Crippen molar-refractivity contribution in [2.24, 2.45) is 0 Å². The Morgan fingerprint density at radius 1 is 1.05 bits per heavy atom. The molecule has 3 aromatic rings. The number of fused-ring (bicyclic) bond motifs is 1. The first-order valence-electron chi connectivity index (χ1n) is 12.0. The van der Waals surface area contributed by atoms with Crippen molar-refractivity contribution in [1.29, 1.82) is 10.5 Å². The summed E-state index contributed by atoms with van der Waals surface area (Å²) in [6.07, 6.45) is 5.16. The van der Waals surface area contributed by atoms with Gasteiger partial charge in [-0.2, -0.15) is 10.5 Å². The molecule has 1 heterocycles. The Bertz CT molecular complexity index is 1410. The number of carbonyl (C=O) groups excluding carboxylic acids is 2. The summed E-state index contributed by atoms with van der Waals surface area (Å²) >= 11 is 1.38. The standard InChI is InChI=1S/C29H25N3O4S/c1-2-35-29(34)26-24-5-3-4-6-25(24)37-28(26)32-27(33)22(17-31)15-19-11-13-23(14-12-19)36-18-21-9-7-20(16-30)8-10-21/h7-15H,2-6,18H2,1H3,(H,32,33)/b22-15+. The van der Waals surface area contributed by atoms with E-state index in [0.29, 0.717) is 34.0 Å². The molecule has 4 rings (SSSR count). The molecule has 0 atom stereocenters. The van der Waals surface area contributed by atoms with E-state index >= 15 is 0 Å². The van der Waals surface area contributed by atoms with Crippen molar-refractivity contribution >= 4 is 34.3 Å². The van der Waals surface area contributed by atoms with Gasteiger partial charge in [0.05, 0.1) is 23.8 Å². The van der Waals surface area contributed by atoms with Crippen LogP contribution in [0.2, 0.25) is 0 Å². The van der Waals surface area contributed by atoms with Crippen LogP contribution in [-0.2, 0) is 29.0 Å². The molecule has 0 unspecified atom stereocenters. The van der Waals surface area contributed by atoms with Crippen molar-refractivity contribution in [3.05, 3.63) is 86.8 Å². The van der Waals surface area contributed by atoms with Crippen molar-refractivity contribution in [3.63, 3.8) is 0 Å². The predicted molar refractivity (Wildman–Crippen MR) is 141 cm³/mol. The van der Waals surface area contributed by atoms with Crippen LogP contribution in [0.3, 0.4) is 0 Å². The molecule has 2 aromatic carbocycles. The Kier molecular flexibility index (Phi) is 8.35. The molecule has 0 bridgehead atoms. The predicted octanol–water partition coefficient (Wildman–Crippen LogP) is 5.80. The van der Waals surface area contributed by atoms with Crippen LogP contribution >= 0.6 is 11.3 Å². The number of nitrogens with one attached hydrogen (secondary N) is 1. The third-order valence-electron chi connectivity index (χ3n) is 5.92. The Hall–Kier alpha value is -4.40. The second-order valence-corrected chi connectivity index (χ2v) is 9.53. The number of hydrogen-bond donors (Lipinski definition) is 1. The van der Waals surface area contributed by atoms with Gasteiger partial charge < -0.3 is 14.8 Å². The van der Waals surface area contributed by atoms with E-state index in [4.69, 9.17) is 14.7 Å². The summed E-state index contributed by atoms with van der Waals surface area (Å²) in [4.78, 5) is 26.7. The van der Waals surface area contributed by atoms with Crippen molar-refractivity contribution in [2.75, 3.05) is 11.9 Å². The maximum Gasteiger partial charge on any atom is 0.341 e. The molecule has 1 amide bonds. The number of hydrogen-bond acceptors (Lipinski definition) is 7. The van der Waals surface area contributed by atoms with Crippen LogP contribution in [0.1, 0.15) is 57.3 Å². The molecule has 0 saturated heterocycles. The Labute approximate surface area is 219 Å². The molecular weight excluding hydrogens is 486 g/mol. The number of rotatable bonds is 8. The molecule has 0 fully saturated rings. The molecule has 8 heteroatoms. The smallest absolute Gasteiger partial charge is 0.341 e. The minimum atomic E-state index is -0.576. The maximum absolute atomic E-state index is 13.0. The van der Waals surface area contributed by atoms with Gasteiger partial charge in [-0.1, -0.05) is 24.3 Å². The summed E-state index contributed by atoms with van der Waals surface area (Å²) in [5.74, 6) is -0.392. The molecule has 0 aliphatic heterocycles. The van der Waals surface area contributed by atoms with Gasteiger partial charge in [-0.05, 0) is 79.6 Å². The second kappa shape index (κ2) is 12.0. The molecule has 0 radical (unpaired) electrons. The number of thiophene rings is 1. The van der Waals surface area contributed by atoms with Crippen molar-refractivity contribution < 1.29 is 19.1 Å². The Morgan fingerprint density at radius 3 is 2.46 bits per heavy atom. The zero-order valence-electron chi connectivity index (χ0n) is 20.4. The zero-order valence-corrected chi connectivity index (χ0v) is 21.2. The number of aryl methyl sites for hydroxylation is 1. The lowest BCUT2D eigenvalue weighted by Crippen LogP contribution is -2.16. The van der Waals surface area contributed by atoms with Gasteiger partial charge in [0.25, 0.3) is 5.91 Å². The lowest BCUT2D eigenvalue weighted by Gasteiger charge is -2.12. The van der Waals surface area contributed by atoms with Crippen LogP contribution in [-0.4, -0.2) is 18.5 Å². The topological polar surface area (TPSA) is 112 Å². The molecule has 1 aromatic heterocycles. The van der Waals surface area contributed by atoms with Gasteiger partial charge in [-0.3, -0.25) is 4.79 Å². The van der Waals surface area contributed by atoms with E-state index in [-0.39, 0.29) is 12.2 Å². The monoisotopic (exact) mass is 511 g/mol. The number of ether oxygens (including phenoxy) is 2. The highest BCUT2D eigenvalue weighted by Gasteiger charge is 2.27. The van der Waals surface area contributed by atoms with E-state index in [1.54, 1.807) is 43.3 Å². The molecular formula is C29H25N3O4S. The summed E-state index contributed by atoms with van der Waals surface area (Å²) < 4.78 is 11.0. The normalized spacial score (nSPS) is 12.6. The number of benzene rings is 2. The zero-order chi connectivity index (χ0) is 26.2. The van der Waals surface area contributed by atoms with E-state index in [1.165, 1.54) is 17.4 Å². The summed E-state index contributed by atoms with van der Waals surface area (Å²) in [7, 11) is 0. The number of esters is 1. The molecule has 0 saturated carbocycles. The number of anilines is 1. The van der Waals surface area contributed by atoms with E-state index < -0.39 is 11.9 Å². The highest BCUT2D eigenvalue weighted by molar-refractivity contribution is 7.17. The van der Waals surface area contributed by atoms with Crippen molar-refractivity contribution in [2.45, 2.75) is 39.2 Å². The first-order chi connectivity index (χ1) is 18.0. The van der Waals surface area contributed by atoms with E-state index in [9.17, 15) is 14.9 Å². The molecule has 186 valence electrons. The minimum Gasteiger partial charge on any atom is -0.489 e. The summed E-state index contributed by atoms with van der Waals surface area (Å²) in [5, 5.41) is 21.8. The van der Waals surface area contributed by atoms with Gasteiger partial charge in [-0.25, -0.2) is 4.79 Å². The van der Waals surface area contributed by atoms with Crippen LogP contribution in [0.4, 0.5) is 5.00 Å². The van der Waals surface area contributed by atoms with Gasteiger partial charge in [0, 0.05) is 4.88 Å². The summed E-state index contributed by atoms with van der Waals surface area (Å²) in [6.45, 7) is 2.34. The first kappa shape index (κ1) is 25.7. The fourth-order valence-corrected chi connectivity index (χ4v) is 5.33. The fourth-order valence-electron chi connectivity index (χ4n) is 4.06. The quantitative estimate of drug-likeness (QED) is 0.232. The molecule has 0 spiro atoms. The number of amides is 1. The Balaban J connectivity index is 1.46. The van der Waals surface area contributed by atoms with Crippen LogP contribution in [0.25, 0.3) is 6.08 Å². The Morgan fingerprint density at radius 2 is 1.78 bits per heavy atom. The highest BCUT2D eigenvalue weighted by Crippen LogP contribution is 2.38. The lowest BCUT2D eigenvalue weighted by atomic mass is 9.95. The van der Waals surface area contributed by atoms with Crippen LogP contribution in [0.15, 0.2) is 54.1 Å². The highest BCUT2D eigenvalue weighted by atomic mass is 32.1. The van der Waals surface area contributed by atoms with E-state index in [2.05, 4.69) is 11.4 Å². The first-order valence-corrected chi connectivity index (χ1v) is 12.8. The molecule has 1 aliphatic rings. The number of nitrogens with zero attached hydrogens (tertiary/aromatic N) is 2. The largest absolute Gasteiger partial charge is 0.489 e. The average molecular weight is 512 g/mol. The SMILES string of the molecule is CCOC(=O)c1c(NC(=O)/C(C#N)=C/c2ccc(OCc3ccc(C#N)cc3)cc2)sc2c1CCCC2. The van der Waals surface area contributed by atoms with Crippen LogP contribution in [0.5, 0.6) is 5.75 Å². The van der Waals surface area contributed by atoms with Gasteiger partial charge in [0.2, 0.25) is 0 Å². The number of nitriles is 2. The third-order valence-corrected chi connectivity index (χ3v) is 7.13. The fraction of sp³-hybridized carbons (Fsp3) is 0.241. The third kappa shape index (κ3) is 6.24. The van der Waals surface area contributed by atoms with E-state index in [1.807, 2.05) is 18.2 Å². The average Bonchev–Trinajstić information content (AvgIpc) is 3.29. The van der Waals surface area contributed by atoms with Crippen molar-refractivity contribution in [1.82, 2.24) is 0 Å². The molecule has 1 aliphatic carbocycles. The summed E-state index contributed by atoms with van der Waals surface area (Å²) in [6, 6.07) is 18.2. The maximum atomic E-state index is 13.0. The number of carbonyl (C=O) groups is 2. The van der Waals surface area contributed by atoms with Crippen LogP contribution in [0, 0.1) is 22.7 Å². The lowest BCUT2D eigenvalue weighted by molar-refractivity contribution is -0.112. The van der Waals surface area contributed by atoms with Gasteiger partial charge in [-0.15, -0.1) is 11.3 Å². The van der Waals surface area contributed by atoms with E-state index in [0.717, 1.165) is 41.7 Å². The van der Waals surface area contributed by atoms with Crippen LogP contribution < -0.4 is 10.1 Å². The molecule has 7 nitrogen and oxygen atoms in total. The molecule has 1 N–H and O–H groups in total. The minimum absolute atomic E-state index is 0.0765. The van der Waals surface area contributed by atoms with Gasteiger partial charge in [0.15, 0.2) is 0 Å². The molecule has 37 heavy (non-hydrogen) atoms. The van der Waals surface area contributed by atoms with Crippen molar-refractivity contribution in [3.8, 4) is 17.9 Å². The van der Waals surface area contributed by atoms with Gasteiger partial charge >= 0.3 is 5.97 Å². The van der Waals surface area contributed by atoms with Gasteiger partial charge in [0.1, 0.15) is 29.0 Å².